The van der Waals surface area contributed by atoms with Gasteiger partial charge >= 0.3 is 0 Å². The van der Waals surface area contributed by atoms with Gasteiger partial charge in [0.15, 0.2) is 0 Å². The number of halogens is 2. The van der Waals surface area contributed by atoms with Crippen LogP contribution in [0.3, 0.4) is 0 Å². The Morgan fingerprint density at radius 1 is 1.41 bits per heavy atom. The van der Waals surface area contributed by atoms with Crippen LogP contribution in [0.2, 0.25) is 0 Å². The zero-order chi connectivity index (χ0) is 15.3. The van der Waals surface area contributed by atoms with Gasteiger partial charge in [-0.25, -0.2) is 13.8 Å². The Morgan fingerprint density at radius 3 is 3.05 bits per heavy atom. The number of pyridine rings is 1. The average molecular weight is 302 g/mol. The summed E-state index contributed by atoms with van der Waals surface area (Å²) in [6, 6.07) is 3.68. The van der Waals surface area contributed by atoms with Gasteiger partial charge in [0.05, 0.1) is 11.7 Å². The van der Waals surface area contributed by atoms with Crippen molar-refractivity contribution in [3.63, 3.8) is 0 Å². The molecule has 1 atom stereocenters. The van der Waals surface area contributed by atoms with Crippen molar-refractivity contribution in [2.75, 3.05) is 0 Å². The topological polar surface area (TPSA) is 46.5 Å². The number of aromatic amines is 1. The first kappa shape index (κ1) is 13.4. The van der Waals surface area contributed by atoms with Crippen molar-refractivity contribution in [2.24, 2.45) is 0 Å². The summed E-state index contributed by atoms with van der Waals surface area (Å²) in [5.74, 6) is -2.56. The highest BCUT2D eigenvalue weighted by Gasteiger charge is 2.40. The second kappa shape index (κ2) is 4.63. The lowest BCUT2D eigenvalue weighted by molar-refractivity contribution is 0.00519. The molecule has 4 nitrogen and oxygen atoms in total. The zero-order valence-electron chi connectivity index (χ0n) is 12.2. The summed E-state index contributed by atoms with van der Waals surface area (Å²) < 4.78 is 28.3. The first-order valence-electron chi connectivity index (χ1n) is 7.39. The van der Waals surface area contributed by atoms with E-state index in [1.165, 1.54) is 0 Å². The van der Waals surface area contributed by atoms with Crippen molar-refractivity contribution in [1.29, 1.82) is 0 Å². The maximum Gasteiger partial charge on any atom is 0.250 e. The molecule has 1 fully saturated rings. The lowest BCUT2D eigenvalue weighted by atomic mass is 10.1. The molecular formula is C16H16F2N4. The van der Waals surface area contributed by atoms with Crippen LogP contribution in [0.25, 0.3) is 22.3 Å². The highest BCUT2D eigenvalue weighted by Crippen LogP contribution is 2.41. The maximum atomic E-state index is 13.3. The number of hydrogen-bond donors (Lipinski definition) is 1. The number of nitrogens with one attached hydrogen (secondary N) is 1. The fourth-order valence-electron chi connectivity index (χ4n) is 3.12. The molecule has 0 radical (unpaired) electrons. The third kappa shape index (κ3) is 2.19. The van der Waals surface area contributed by atoms with Crippen LogP contribution in [0.5, 0.6) is 0 Å². The van der Waals surface area contributed by atoms with E-state index in [9.17, 15) is 8.78 Å². The van der Waals surface area contributed by atoms with Crippen molar-refractivity contribution >= 4 is 11.0 Å². The number of aromatic nitrogens is 4. The molecule has 3 aromatic heterocycles. The minimum absolute atomic E-state index is 0.0527. The van der Waals surface area contributed by atoms with Gasteiger partial charge in [0.25, 0.3) is 0 Å². The fraction of sp³-hybridized carbons (Fsp3) is 0.375. The zero-order valence-corrected chi connectivity index (χ0v) is 12.2. The summed E-state index contributed by atoms with van der Waals surface area (Å²) >= 11 is 0. The molecule has 1 N–H and O–H groups in total. The summed E-state index contributed by atoms with van der Waals surface area (Å²) in [6.45, 7) is 2.02. The first-order valence-corrected chi connectivity index (χ1v) is 7.39. The molecule has 114 valence electrons. The van der Waals surface area contributed by atoms with Crippen LogP contribution in [0.1, 0.15) is 30.9 Å². The minimum Gasteiger partial charge on any atom is -0.346 e. The highest BCUT2D eigenvalue weighted by atomic mass is 19.3. The fourth-order valence-corrected chi connectivity index (χ4v) is 3.12. The lowest BCUT2D eigenvalue weighted by Gasteiger charge is -2.10. The van der Waals surface area contributed by atoms with E-state index in [1.807, 2.05) is 25.3 Å². The van der Waals surface area contributed by atoms with Crippen molar-refractivity contribution in [2.45, 2.75) is 38.2 Å². The Labute approximate surface area is 126 Å². The molecule has 1 aliphatic carbocycles. The first-order chi connectivity index (χ1) is 10.5. The molecule has 3 heterocycles. The molecule has 0 spiro atoms. The molecular weight excluding hydrogens is 286 g/mol. The van der Waals surface area contributed by atoms with Crippen LogP contribution in [0, 0.1) is 6.92 Å². The standard InChI is InChI=1S/C16H16F2N4/c1-10-8-19-15-13(10)6-11(9-20-15)14-3-5-22(21-14)12-2-4-16(17,18)7-12/h3,5-6,8-9,12H,2,4,7H2,1H3,(H,19,20). The Bertz CT molecular complexity index is 834. The summed E-state index contributed by atoms with van der Waals surface area (Å²) in [7, 11) is 0. The smallest absolute Gasteiger partial charge is 0.250 e. The molecule has 0 amide bonds. The quantitative estimate of drug-likeness (QED) is 0.775. The normalized spacial score (nSPS) is 20.8. The second-order valence-electron chi connectivity index (χ2n) is 6.03. The molecule has 1 unspecified atom stereocenters. The molecule has 1 aliphatic rings. The van der Waals surface area contributed by atoms with Crippen LogP contribution in [0.15, 0.2) is 30.7 Å². The van der Waals surface area contributed by atoms with Crippen molar-refractivity contribution in [3.05, 3.63) is 36.3 Å². The van der Waals surface area contributed by atoms with E-state index >= 15 is 0 Å². The van der Waals surface area contributed by atoms with Crippen molar-refractivity contribution in [1.82, 2.24) is 19.7 Å². The van der Waals surface area contributed by atoms with Gasteiger partial charge in [0.2, 0.25) is 5.92 Å². The summed E-state index contributed by atoms with van der Waals surface area (Å²) in [5, 5.41) is 5.54. The molecule has 0 aromatic carbocycles. The van der Waals surface area contributed by atoms with E-state index in [1.54, 1.807) is 17.1 Å². The largest absolute Gasteiger partial charge is 0.346 e. The molecule has 22 heavy (non-hydrogen) atoms. The molecule has 3 aromatic rings. The number of hydrogen-bond acceptors (Lipinski definition) is 2. The Kier molecular flexibility index (Phi) is 2.82. The monoisotopic (exact) mass is 302 g/mol. The van der Waals surface area contributed by atoms with Gasteiger partial charge in [-0.2, -0.15) is 5.10 Å². The summed E-state index contributed by atoms with van der Waals surface area (Å²) in [5.41, 5.74) is 3.64. The Balaban J connectivity index is 1.66. The predicted molar refractivity (Wildman–Crippen MR) is 79.9 cm³/mol. The predicted octanol–water partition coefficient (Wildman–Crippen LogP) is 4.10. The highest BCUT2D eigenvalue weighted by molar-refractivity contribution is 5.83. The number of nitrogens with zero attached hydrogens (tertiary/aromatic N) is 3. The number of alkyl halides is 2. The molecule has 0 bridgehead atoms. The van der Waals surface area contributed by atoms with Gasteiger partial charge in [0.1, 0.15) is 5.65 Å². The van der Waals surface area contributed by atoms with Gasteiger partial charge in [-0.15, -0.1) is 0 Å². The van der Waals surface area contributed by atoms with Gasteiger partial charge in [-0.05, 0) is 31.0 Å². The number of fused-ring (bicyclic) bond motifs is 1. The van der Waals surface area contributed by atoms with Crippen LogP contribution < -0.4 is 0 Å². The third-order valence-corrected chi connectivity index (χ3v) is 4.39. The van der Waals surface area contributed by atoms with E-state index in [0.29, 0.717) is 6.42 Å². The van der Waals surface area contributed by atoms with Gasteiger partial charge in [-0.1, -0.05) is 0 Å². The number of aryl methyl sites for hydroxylation is 1. The summed E-state index contributed by atoms with van der Waals surface area (Å²) in [4.78, 5) is 7.49. The third-order valence-electron chi connectivity index (χ3n) is 4.39. The molecule has 4 rings (SSSR count). The van der Waals surface area contributed by atoms with E-state index in [4.69, 9.17) is 0 Å². The SMILES string of the molecule is Cc1c[nH]c2ncc(-c3ccn(C4CCC(F)(F)C4)n3)cc12. The average Bonchev–Trinajstić information content (AvgIpc) is 3.18. The van der Waals surface area contributed by atoms with Gasteiger partial charge in [-0.3, -0.25) is 4.68 Å². The van der Waals surface area contributed by atoms with Crippen molar-refractivity contribution in [3.8, 4) is 11.3 Å². The second-order valence-corrected chi connectivity index (χ2v) is 6.03. The van der Waals surface area contributed by atoms with E-state index in [-0.39, 0.29) is 18.9 Å². The molecule has 0 aliphatic heterocycles. The lowest BCUT2D eigenvalue weighted by Crippen LogP contribution is -2.12. The van der Waals surface area contributed by atoms with E-state index in [0.717, 1.165) is 27.9 Å². The number of H-pyrrole nitrogens is 1. The van der Waals surface area contributed by atoms with E-state index < -0.39 is 5.92 Å². The van der Waals surface area contributed by atoms with Crippen molar-refractivity contribution < 1.29 is 8.78 Å². The van der Waals surface area contributed by atoms with Gasteiger partial charge < -0.3 is 4.98 Å². The molecule has 6 heteroatoms. The maximum absolute atomic E-state index is 13.3. The van der Waals surface area contributed by atoms with Crippen LogP contribution >= 0.6 is 0 Å². The number of rotatable bonds is 2. The van der Waals surface area contributed by atoms with Crippen LogP contribution in [0.4, 0.5) is 8.78 Å². The van der Waals surface area contributed by atoms with E-state index in [2.05, 4.69) is 15.1 Å². The molecule has 0 saturated heterocycles. The Hall–Kier alpha value is -2.24. The van der Waals surface area contributed by atoms with Gasteiger partial charge in [0, 0.05) is 42.4 Å². The summed E-state index contributed by atoms with van der Waals surface area (Å²) in [6.07, 6.45) is 5.76. The van der Waals surface area contributed by atoms with Crippen LogP contribution in [-0.4, -0.2) is 25.7 Å². The minimum atomic E-state index is -2.56. The molecule has 1 saturated carbocycles. The van der Waals surface area contributed by atoms with Crippen LogP contribution in [-0.2, 0) is 0 Å². The Morgan fingerprint density at radius 2 is 2.27 bits per heavy atom.